The SMILES string of the molecule is Cc1cc(Nc2nccc(Nc3ccc4nccnc4c3P(C)(C)=O)n2)c(OCC(F)(F)F)nc1N1CCC(N2CCN(C)CC2)CC1.O=C(O)C(F)(F)F. The monoisotopic (exact) mass is 798 g/mol. The maximum atomic E-state index is 13.3. The summed E-state index contributed by atoms with van der Waals surface area (Å²) in [6, 6.07) is 7.37. The first-order chi connectivity index (χ1) is 25.8. The summed E-state index contributed by atoms with van der Waals surface area (Å²) in [5.74, 6) is -1.87. The van der Waals surface area contributed by atoms with Gasteiger partial charge < -0.3 is 34.8 Å². The van der Waals surface area contributed by atoms with Crippen LogP contribution in [0.25, 0.3) is 11.0 Å². The van der Waals surface area contributed by atoms with Gasteiger partial charge in [-0.25, -0.2) is 9.78 Å². The van der Waals surface area contributed by atoms with E-state index in [1.807, 2.05) is 6.92 Å². The number of pyridine rings is 1. The topological polar surface area (TPSA) is 162 Å². The summed E-state index contributed by atoms with van der Waals surface area (Å²) in [6.07, 6.45) is -3.10. The van der Waals surface area contributed by atoms with Gasteiger partial charge >= 0.3 is 18.3 Å². The second kappa shape index (κ2) is 16.9. The molecule has 0 aliphatic carbocycles. The Bertz CT molecular complexity index is 2020. The Balaban J connectivity index is 0.000000757. The van der Waals surface area contributed by atoms with Crippen molar-refractivity contribution >= 4 is 58.4 Å². The minimum absolute atomic E-state index is 0.108. The molecule has 298 valence electrons. The molecule has 2 aliphatic heterocycles. The van der Waals surface area contributed by atoms with Crippen LogP contribution < -0.4 is 25.6 Å². The molecule has 0 atom stereocenters. The second-order valence-electron chi connectivity index (χ2n) is 13.5. The first-order valence-electron chi connectivity index (χ1n) is 17.1. The number of halogens is 6. The minimum Gasteiger partial charge on any atom is -0.475 e. The van der Waals surface area contributed by atoms with E-state index in [2.05, 4.69) is 57.3 Å². The molecule has 14 nitrogen and oxygen atoms in total. The number of nitrogens with zero attached hydrogens (tertiary/aromatic N) is 8. The molecule has 0 unspecified atom stereocenters. The maximum Gasteiger partial charge on any atom is 0.490 e. The van der Waals surface area contributed by atoms with Crippen LogP contribution in [0.1, 0.15) is 18.4 Å². The molecule has 5 heterocycles. The van der Waals surface area contributed by atoms with E-state index in [4.69, 9.17) is 14.6 Å². The van der Waals surface area contributed by atoms with Crippen molar-refractivity contribution in [3.05, 3.63) is 48.4 Å². The summed E-state index contributed by atoms with van der Waals surface area (Å²) in [5, 5.41) is 13.9. The van der Waals surface area contributed by atoms with Crippen molar-refractivity contribution in [2.75, 3.05) is 81.8 Å². The molecule has 6 rings (SSSR count). The van der Waals surface area contributed by atoms with Crippen LogP contribution in [0, 0.1) is 6.92 Å². The van der Waals surface area contributed by atoms with Crippen molar-refractivity contribution in [3.63, 3.8) is 0 Å². The quantitative estimate of drug-likeness (QED) is 0.141. The Morgan fingerprint density at radius 2 is 1.56 bits per heavy atom. The summed E-state index contributed by atoms with van der Waals surface area (Å²) >= 11 is 0. The molecule has 2 saturated heterocycles. The van der Waals surface area contributed by atoms with Crippen LogP contribution in [0.5, 0.6) is 5.88 Å². The van der Waals surface area contributed by atoms with Crippen molar-refractivity contribution in [1.29, 1.82) is 0 Å². The lowest BCUT2D eigenvalue weighted by molar-refractivity contribution is -0.192. The highest BCUT2D eigenvalue weighted by atomic mass is 31.2. The predicted octanol–water partition coefficient (Wildman–Crippen LogP) is 5.65. The van der Waals surface area contributed by atoms with Crippen molar-refractivity contribution in [3.8, 4) is 5.88 Å². The molecule has 3 N–H and O–H groups in total. The molecule has 2 fully saturated rings. The van der Waals surface area contributed by atoms with E-state index in [0.29, 0.717) is 39.7 Å². The number of aryl methyl sites for hydroxylation is 1. The molecular weight excluding hydrogens is 757 g/mol. The molecule has 0 saturated carbocycles. The molecule has 0 amide bonds. The highest BCUT2D eigenvalue weighted by Gasteiger charge is 2.38. The number of aromatic nitrogens is 5. The average molecular weight is 799 g/mol. The highest BCUT2D eigenvalue weighted by molar-refractivity contribution is 7.71. The number of fused-ring (bicyclic) bond motifs is 1. The average Bonchev–Trinajstić information content (AvgIpc) is 3.11. The summed E-state index contributed by atoms with van der Waals surface area (Å²) in [6.45, 7) is 9.39. The van der Waals surface area contributed by atoms with Gasteiger partial charge in [0.1, 0.15) is 30.0 Å². The molecule has 2 aliphatic rings. The zero-order valence-electron chi connectivity index (χ0n) is 30.4. The van der Waals surface area contributed by atoms with Gasteiger partial charge in [-0.3, -0.25) is 14.9 Å². The number of piperidine rings is 1. The number of likely N-dealkylation sites (N-methyl/N-ethyl adjacent to an activating group) is 1. The van der Waals surface area contributed by atoms with Gasteiger partial charge in [0.2, 0.25) is 11.8 Å². The Labute approximate surface area is 312 Å². The van der Waals surface area contributed by atoms with Gasteiger partial charge in [0.25, 0.3) is 0 Å². The molecule has 0 radical (unpaired) electrons. The molecule has 0 bridgehead atoms. The molecule has 1 aromatic carbocycles. The van der Waals surface area contributed by atoms with E-state index in [1.54, 1.807) is 50.0 Å². The molecule has 0 spiro atoms. The van der Waals surface area contributed by atoms with E-state index in [9.17, 15) is 30.9 Å². The summed E-state index contributed by atoms with van der Waals surface area (Å²) in [7, 11) is -0.678. The van der Waals surface area contributed by atoms with Gasteiger partial charge in [-0.2, -0.15) is 36.3 Å². The Morgan fingerprint density at radius 3 is 2.18 bits per heavy atom. The minimum atomic E-state index is -5.08. The van der Waals surface area contributed by atoms with Gasteiger partial charge in [0.05, 0.1) is 16.5 Å². The summed E-state index contributed by atoms with van der Waals surface area (Å²) in [5.41, 5.74) is 2.68. The van der Waals surface area contributed by atoms with Gasteiger partial charge in [0, 0.05) is 63.9 Å². The number of piperazine rings is 1. The van der Waals surface area contributed by atoms with Crippen LogP contribution in [0.2, 0.25) is 0 Å². The van der Waals surface area contributed by atoms with Crippen LogP contribution in [0.15, 0.2) is 42.9 Å². The summed E-state index contributed by atoms with van der Waals surface area (Å²) in [4.78, 5) is 38.1. The molecule has 4 aromatic rings. The van der Waals surface area contributed by atoms with Gasteiger partial charge in [-0.15, -0.1) is 0 Å². The second-order valence-corrected chi connectivity index (χ2v) is 16.6. The van der Waals surface area contributed by atoms with Crippen molar-refractivity contribution in [1.82, 2.24) is 34.7 Å². The standard InChI is InChI=1S/C32H40F3N10O2P.C2HF3O2/c1-21-19-25(30(47-20-32(33,34)35)42-29(21)45-13-8-22(9-14-45)44-17-15-43(2)16-18-44)40-31-38-10-7-26(41-31)39-24-6-5-23-27(37-12-11-36-23)28(24)48(3,4)46;3-2(4,5)1(6)7/h5-7,10-12,19,22H,8-9,13-18,20H2,1-4H3,(H2,38,39,40,41);(H,6,7). The number of anilines is 5. The van der Waals surface area contributed by atoms with E-state index in [1.165, 1.54) is 6.20 Å². The molecule has 3 aromatic heterocycles. The number of hydrogen-bond donors (Lipinski definition) is 3. The van der Waals surface area contributed by atoms with Crippen molar-refractivity contribution in [2.45, 2.75) is 38.2 Å². The number of nitrogens with one attached hydrogen (secondary N) is 2. The fraction of sp³-hybridized carbons (Fsp3) is 0.471. The fourth-order valence-corrected chi connectivity index (χ4v) is 7.70. The third-order valence-corrected chi connectivity index (χ3v) is 10.4. The number of ether oxygens (including phenoxy) is 1. The number of carboxylic acids is 1. The van der Waals surface area contributed by atoms with Gasteiger partial charge in [-0.05, 0) is 70.0 Å². The number of alkyl halides is 6. The van der Waals surface area contributed by atoms with E-state index >= 15 is 0 Å². The van der Waals surface area contributed by atoms with Crippen molar-refractivity contribution in [2.24, 2.45) is 0 Å². The zero-order valence-corrected chi connectivity index (χ0v) is 31.3. The lowest BCUT2D eigenvalue weighted by Crippen LogP contribution is -2.52. The van der Waals surface area contributed by atoms with Crippen LogP contribution in [-0.2, 0) is 9.36 Å². The van der Waals surface area contributed by atoms with Crippen LogP contribution in [0.3, 0.4) is 0 Å². The lowest BCUT2D eigenvalue weighted by Gasteiger charge is -2.42. The highest BCUT2D eigenvalue weighted by Crippen LogP contribution is 2.41. The molecular formula is C34H41F6N10O4P. The lowest BCUT2D eigenvalue weighted by atomic mass is 10.0. The number of aliphatic carboxylic acids is 1. The van der Waals surface area contributed by atoms with Gasteiger partial charge in [0.15, 0.2) is 6.61 Å². The third kappa shape index (κ3) is 11.1. The van der Waals surface area contributed by atoms with Crippen LogP contribution in [0.4, 0.5) is 55.3 Å². The zero-order chi connectivity index (χ0) is 40.1. The third-order valence-electron chi connectivity index (χ3n) is 8.90. The number of carbonyl (C=O) groups is 1. The number of benzene rings is 1. The van der Waals surface area contributed by atoms with E-state index in [-0.39, 0.29) is 17.5 Å². The Hall–Kier alpha value is -4.81. The first-order valence-corrected chi connectivity index (χ1v) is 19.7. The number of rotatable bonds is 9. The predicted molar refractivity (Wildman–Crippen MR) is 196 cm³/mol. The first kappa shape index (κ1) is 41.4. The van der Waals surface area contributed by atoms with Crippen molar-refractivity contribution < 1.29 is 45.5 Å². The number of carboxylic acid groups (broad SMARTS) is 1. The maximum absolute atomic E-state index is 13.3. The normalized spacial score (nSPS) is 16.4. The van der Waals surface area contributed by atoms with E-state index < -0.39 is 32.1 Å². The Kier molecular flexibility index (Phi) is 12.7. The number of hydrogen-bond acceptors (Lipinski definition) is 13. The fourth-order valence-electron chi connectivity index (χ4n) is 6.30. The van der Waals surface area contributed by atoms with Crippen LogP contribution in [-0.4, -0.2) is 130 Å². The largest absolute Gasteiger partial charge is 0.490 e. The molecule has 21 heteroatoms. The van der Waals surface area contributed by atoms with Crippen LogP contribution >= 0.6 is 7.14 Å². The summed E-state index contributed by atoms with van der Waals surface area (Å²) < 4.78 is 90.2. The smallest absolute Gasteiger partial charge is 0.475 e. The van der Waals surface area contributed by atoms with Gasteiger partial charge in [-0.1, -0.05) is 0 Å². The van der Waals surface area contributed by atoms with E-state index in [0.717, 1.165) is 57.7 Å². The Morgan fingerprint density at radius 1 is 0.909 bits per heavy atom. The molecule has 55 heavy (non-hydrogen) atoms.